The van der Waals surface area contributed by atoms with Crippen LogP contribution in [0.1, 0.15) is 79.7 Å². The molecule has 2 atom stereocenters. The summed E-state index contributed by atoms with van der Waals surface area (Å²) in [6.45, 7) is 1.39. The van der Waals surface area contributed by atoms with Gasteiger partial charge in [-0.15, -0.1) is 5.10 Å². The van der Waals surface area contributed by atoms with Crippen LogP contribution < -0.4 is 5.32 Å². The minimum absolute atomic E-state index is 0.103. The normalized spacial score (nSPS) is 17.9. The molecule has 4 rings (SSSR count). The number of imidazole rings is 1. The van der Waals surface area contributed by atoms with Gasteiger partial charge in [0.1, 0.15) is 11.4 Å². The van der Waals surface area contributed by atoms with Gasteiger partial charge in [-0.05, 0) is 31.2 Å². The molecule has 1 saturated carbocycles. The fourth-order valence-electron chi connectivity index (χ4n) is 4.45. The van der Waals surface area contributed by atoms with Gasteiger partial charge in [0.2, 0.25) is 5.92 Å². The van der Waals surface area contributed by atoms with Crippen molar-refractivity contribution in [3.8, 4) is 0 Å². The quantitative estimate of drug-likeness (QED) is 0.200. The lowest BCUT2D eigenvalue weighted by Crippen LogP contribution is -2.38. The van der Waals surface area contributed by atoms with E-state index in [1.165, 1.54) is 16.9 Å². The molecule has 1 aliphatic rings. The Morgan fingerprint density at radius 3 is 2.77 bits per heavy atom. The van der Waals surface area contributed by atoms with Crippen LogP contribution in [0.25, 0.3) is 5.65 Å². The Morgan fingerprint density at radius 2 is 2.08 bits per heavy atom. The van der Waals surface area contributed by atoms with Gasteiger partial charge in [-0.2, -0.15) is 18.3 Å². The molecule has 3 heterocycles. The van der Waals surface area contributed by atoms with Gasteiger partial charge in [0.25, 0.3) is 5.91 Å². The molecule has 1 unspecified atom stereocenters. The highest BCUT2D eigenvalue weighted by molar-refractivity contribution is 7.90. The molecule has 0 bridgehead atoms. The van der Waals surface area contributed by atoms with Crippen molar-refractivity contribution in [2.24, 2.45) is 10.3 Å². The Bertz CT molecular complexity index is 1320. The summed E-state index contributed by atoms with van der Waals surface area (Å²) in [7, 11) is 0. The molecule has 0 saturated heterocycles. The number of halogens is 5. The topological polar surface area (TPSA) is 125 Å². The lowest BCUT2D eigenvalue weighted by Gasteiger charge is -2.33. The summed E-state index contributed by atoms with van der Waals surface area (Å²) in [5.41, 5.74) is 1.10. The van der Waals surface area contributed by atoms with E-state index in [4.69, 9.17) is 0 Å². The van der Waals surface area contributed by atoms with Crippen LogP contribution in [-0.2, 0) is 17.9 Å². The highest BCUT2D eigenvalue weighted by atomic mass is 32.2. The fourth-order valence-corrected chi connectivity index (χ4v) is 5.33. The van der Waals surface area contributed by atoms with Gasteiger partial charge in [0, 0.05) is 18.4 Å². The second-order valence-electron chi connectivity index (χ2n) is 9.72. The standard InChI is InChI=1S/C24H29F5N8O2S/c1-2-3-10-40(39)32-13-16-11-20-33-18(15-37(20)31-12-16)21(17-4-6-23(25,26)7-5-17)34-22(38)19-14-30-35-36(19)9-8-24(27,28)29/h11-15,17,21H,2-10H2,1H3,(H,34,38)/t21-,40?/m0/s1. The predicted molar refractivity (Wildman–Crippen MR) is 136 cm³/mol. The second kappa shape index (κ2) is 12.6. The minimum Gasteiger partial charge on any atom is -0.591 e. The molecule has 40 heavy (non-hydrogen) atoms. The van der Waals surface area contributed by atoms with Crippen LogP contribution in [-0.4, -0.2) is 64.1 Å². The van der Waals surface area contributed by atoms with Crippen molar-refractivity contribution in [2.75, 3.05) is 5.75 Å². The number of unbranched alkanes of at least 4 members (excludes halogenated alkanes) is 1. The van der Waals surface area contributed by atoms with Gasteiger partial charge < -0.3 is 9.87 Å². The van der Waals surface area contributed by atoms with E-state index >= 15 is 0 Å². The first-order valence-corrected chi connectivity index (χ1v) is 14.1. The van der Waals surface area contributed by atoms with Crippen LogP contribution in [0.2, 0.25) is 0 Å². The van der Waals surface area contributed by atoms with Crippen molar-refractivity contribution in [3.05, 3.63) is 41.6 Å². The smallest absolute Gasteiger partial charge is 0.390 e. The van der Waals surface area contributed by atoms with Crippen LogP contribution in [0.15, 0.2) is 29.1 Å². The van der Waals surface area contributed by atoms with E-state index in [1.54, 1.807) is 12.3 Å². The monoisotopic (exact) mass is 588 g/mol. The van der Waals surface area contributed by atoms with Crippen molar-refractivity contribution in [2.45, 2.75) is 76.6 Å². The third-order valence-electron chi connectivity index (χ3n) is 6.65. The van der Waals surface area contributed by atoms with Crippen molar-refractivity contribution in [1.82, 2.24) is 34.9 Å². The van der Waals surface area contributed by atoms with Gasteiger partial charge in [-0.1, -0.05) is 23.0 Å². The maximum atomic E-state index is 13.9. The Hall–Kier alpha value is -3.14. The molecule has 0 aromatic carbocycles. The molecule has 3 aromatic rings. The lowest BCUT2D eigenvalue weighted by atomic mass is 9.81. The third-order valence-corrected chi connectivity index (χ3v) is 7.63. The number of carbonyl (C=O) groups is 1. The van der Waals surface area contributed by atoms with E-state index in [1.807, 2.05) is 6.92 Å². The molecule has 218 valence electrons. The largest absolute Gasteiger partial charge is 0.591 e. The van der Waals surface area contributed by atoms with Crippen LogP contribution in [0.3, 0.4) is 0 Å². The zero-order valence-electron chi connectivity index (χ0n) is 21.7. The average molecular weight is 589 g/mol. The number of hydrogen-bond donors (Lipinski definition) is 1. The van der Waals surface area contributed by atoms with Gasteiger partial charge in [0.15, 0.2) is 5.65 Å². The molecule has 1 fully saturated rings. The summed E-state index contributed by atoms with van der Waals surface area (Å²) in [5.74, 6) is -3.52. The summed E-state index contributed by atoms with van der Waals surface area (Å²) >= 11 is -1.37. The Kier molecular flexibility index (Phi) is 9.38. The van der Waals surface area contributed by atoms with Crippen LogP contribution >= 0.6 is 0 Å². The molecule has 16 heteroatoms. The number of carbonyl (C=O) groups excluding carboxylic acids is 1. The lowest BCUT2D eigenvalue weighted by molar-refractivity contribution is -0.137. The molecular formula is C24H29F5N8O2S. The van der Waals surface area contributed by atoms with E-state index in [0.29, 0.717) is 22.7 Å². The molecule has 0 aliphatic heterocycles. The second-order valence-corrected chi connectivity index (χ2v) is 11.0. The molecule has 1 amide bonds. The van der Waals surface area contributed by atoms with Crippen LogP contribution in [0.5, 0.6) is 0 Å². The first-order chi connectivity index (χ1) is 18.9. The number of amides is 1. The number of fused-ring (bicyclic) bond motifs is 1. The molecule has 1 N–H and O–H groups in total. The summed E-state index contributed by atoms with van der Waals surface area (Å²) in [6, 6.07) is 0.830. The Balaban J connectivity index is 1.58. The summed E-state index contributed by atoms with van der Waals surface area (Å²) < 4.78 is 84.3. The first-order valence-electron chi connectivity index (χ1n) is 12.9. The first kappa shape index (κ1) is 29.8. The Labute approximate surface area is 229 Å². The number of aromatic nitrogens is 6. The number of aryl methyl sites for hydroxylation is 1. The summed E-state index contributed by atoms with van der Waals surface area (Å²) in [5, 5.41) is 14.2. The fraction of sp³-hybridized carbons (Fsp3) is 0.583. The zero-order chi connectivity index (χ0) is 28.9. The number of rotatable bonds is 11. The van der Waals surface area contributed by atoms with E-state index in [9.17, 15) is 31.3 Å². The van der Waals surface area contributed by atoms with Gasteiger partial charge >= 0.3 is 6.18 Å². The van der Waals surface area contributed by atoms with E-state index < -0.39 is 54.3 Å². The number of hydrogen-bond acceptors (Lipinski definition) is 7. The molecule has 0 radical (unpaired) electrons. The van der Waals surface area contributed by atoms with Crippen LogP contribution in [0.4, 0.5) is 22.0 Å². The third kappa shape index (κ3) is 7.96. The van der Waals surface area contributed by atoms with Crippen molar-refractivity contribution < 1.29 is 31.3 Å². The maximum Gasteiger partial charge on any atom is 0.390 e. The molecular weight excluding hydrogens is 559 g/mol. The number of nitrogens with one attached hydrogen (secondary N) is 1. The number of nitrogens with zero attached hydrogens (tertiary/aromatic N) is 7. The molecule has 0 spiro atoms. The highest BCUT2D eigenvalue weighted by Crippen LogP contribution is 2.41. The van der Waals surface area contributed by atoms with E-state index in [2.05, 4.69) is 30.1 Å². The summed E-state index contributed by atoms with van der Waals surface area (Å²) in [6.07, 6.45) is 1.06. The average Bonchev–Trinajstić information content (AvgIpc) is 3.54. The predicted octanol–water partition coefficient (Wildman–Crippen LogP) is 4.45. The molecule has 3 aromatic heterocycles. The summed E-state index contributed by atoms with van der Waals surface area (Å²) in [4.78, 5) is 17.7. The minimum atomic E-state index is -4.45. The zero-order valence-corrected chi connectivity index (χ0v) is 22.5. The van der Waals surface area contributed by atoms with Crippen molar-refractivity contribution >= 4 is 29.1 Å². The SMILES string of the molecule is CCCC[S+]([O-])N=Cc1cnn2cc([C@@H](NC(=O)c3cnnn3CCC(F)(F)F)C3CCC(F)(F)CC3)nc2c1. The van der Waals surface area contributed by atoms with Crippen LogP contribution in [0, 0.1) is 5.92 Å². The maximum absolute atomic E-state index is 13.9. The molecule has 10 nitrogen and oxygen atoms in total. The van der Waals surface area contributed by atoms with Gasteiger partial charge in [-0.25, -0.2) is 23.0 Å². The van der Waals surface area contributed by atoms with Crippen molar-refractivity contribution in [1.29, 1.82) is 0 Å². The van der Waals surface area contributed by atoms with E-state index in [0.717, 1.165) is 23.7 Å². The molecule has 1 aliphatic carbocycles. The van der Waals surface area contributed by atoms with Gasteiger partial charge in [0.05, 0.1) is 60.9 Å². The number of alkyl halides is 5. The highest BCUT2D eigenvalue weighted by Gasteiger charge is 2.39. The van der Waals surface area contributed by atoms with Gasteiger partial charge in [-0.3, -0.25) is 4.79 Å². The Morgan fingerprint density at radius 1 is 1.32 bits per heavy atom. The van der Waals surface area contributed by atoms with Crippen molar-refractivity contribution in [3.63, 3.8) is 0 Å². The van der Waals surface area contributed by atoms with E-state index in [-0.39, 0.29) is 31.4 Å².